The maximum atomic E-state index is 12.0. The van der Waals surface area contributed by atoms with E-state index in [1.165, 1.54) is 7.11 Å². The van der Waals surface area contributed by atoms with E-state index in [0.717, 1.165) is 37.6 Å². The molecule has 4 rings (SSSR count). The zero-order valence-corrected chi connectivity index (χ0v) is 16.6. The Labute approximate surface area is 170 Å². The first-order valence-corrected chi connectivity index (χ1v) is 9.76. The Morgan fingerprint density at radius 1 is 1.21 bits per heavy atom. The highest BCUT2D eigenvalue weighted by Gasteiger charge is 2.15. The van der Waals surface area contributed by atoms with Crippen molar-refractivity contribution in [2.45, 2.75) is 6.42 Å². The highest BCUT2D eigenvalue weighted by molar-refractivity contribution is 7.19. The summed E-state index contributed by atoms with van der Waals surface area (Å²) in [5.41, 5.74) is 4.35. The van der Waals surface area contributed by atoms with E-state index in [0.29, 0.717) is 5.02 Å². The number of carbonyl (C=O) groups excluding carboxylic acids is 1. The van der Waals surface area contributed by atoms with E-state index in [4.69, 9.17) is 16.3 Å². The number of benzene rings is 2. The molecule has 7 heteroatoms. The van der Waals surface area contributed by atoms with Gasteiger partial charge in [-0.25, -0.2) is 4.98 Å². The van der Waals surface area contributed by atoms with E-state index in [9.17, 15) is 4.79 Å². The molecule has 1 N–H and O–H groups in total. The Balaban J connectivity index is 1.79. The van der Waals surface area contributed by atoms with Crippen molar-refractivity contribution >= 4 is 50.8 Å². The van der Waals surface area contributed by atoms with Crippen LogP contribution in [0.3, 0.4) is 0 Å². The van der Waals surface area contributed by atoms with Gasteiger partial charge in [0.15, 0.2) is 0 Å². The molecule has 0 bridgehead atoms. The fourth-order valence-corrected chi connectivity index (χ4v) is 3.97. The van der Waals surface area contributed by atoms with Gasteiger partial charge in [0, 0.05) is 16.1 Å². The largest absolute Gasteiger partial charge is 0.469 e. The number of esters is 1. The van der Waals surface area contributed by atoms with E-state index in [1.54, 1.807) is 17.5 Å². The van der Waals surface area contributed by atoms with Crippen molar-refractivity contribution < 1.29 is 9.53 Å². The monoisotopic (exact) mass is 409 g/mol. The molecule has 0 radical (unpaired) electrons. The normalized spacial score (nSPS) is 11.7. The minimum absolute atomic E-state index is 0.127. The molecule has 0 unspecified atom stereocenters. The first-order chi connectivity index (χ1) is 13.6. The summed E-state index contributed by atoms with van der Waals surface area (Å²) >= 11 is 7.54. The number of aromatic nitrogens is 3. The minimum atomic E-state index is -0.318. The summed E-state index contributed by atoms with van der Waals surface area (Å²) in [6, 6.07) is 15.4. The summed E-state index contributed by atoms with van der Waals surface area (Å²) < 4.78 is 5.95. The molecule has 28 heavy (non-hydrogen) atoms. The van der Waals surface area contributed by atoms with Crippen LogP contribution >= 0.6 is 22.9 Å². The molecule has 2 heterocycles. The molecule has 0 aliphatic heterocycles. The lowest BCUT2D eigenvalue weighted by molar-refractivity contribution is -0.139. The van der Waals surface area contributed by atoms with E-state index in [1.807, 2.05) is 54.6 Å². The number of rotatable bonds is 5. The molecule has 0 aliphatic carbocycles. The molecule has 2 aromatic carbocycles. The van der Waals surface area contributed by atoms with E-state index < -0.39 is 0 Å². The molecule has 0 fully saturated rings. The number of hydrogen-bond donors (Lipinski definition) is 1. The smallest absolute Gasteiger partial charge is 0.310 e. The van der Waals surface area contributed by atoms with Crippen LogP contribution in [0.15, 0.2) is 54.7 Å². The Kier molecular flexibility index (Phi) is 5.23. The van der Waals surface area contributed by atoms with Gasteiger partial charge in [0.25, 0.3) is 0 Å². The molecule has 0 saturated carbocycles. The topological polar surface area (TPSA) is 67.9 Å². The lowest BCUT2D eigenvalue weighted by Crippen LogP contribution is -2.01. The number of halogens is 1. The van der Waals surface area contributed by atoms with Gasteiger partial charge >= 0.3 is 5.97 Å². The Bertz CT molecular complexity index is 1130. The Morgan fingerprint density at radius 2 is 2.00 bits per heavy atom. The molecule has 0 amide bonds. The predicted molar refractivity (Wildman–Crippen MR) is 113 cm³/mol. The lowest BCUT2D eigenvalue weighted by atomic mass is 10.0. The van der Waals surface area contributed by atoms with Gasteiger partial charge in [-0.05, 0) is 35.9 Å². The molecule has 140 valence electrons. The third-order valence-electron chi connectivity index (χ3n) is 4.26. The summed E-state index contributed by atoms with van der Waals surface area (Å²) in [4.78, 5) is 16.7. The first-order valence-electron chi connectivity index (χ1n) is 8.56. The second-order valence-electron chi connectivity index (χ2n) is 6.12. The number of ether oxygens (including phenoxy) is 1. The molecule has 0 spiro atoms. The van der Waals surface area contributed by atoms with Crippen molar-refractivity contribution in [3.8, 4) is 11.3 Å². The van der Waals surface area contributed by atoms with Gasteiger partial charge in [-0.15, -0.1) is 11.3 Å². The number of nitrogens with zero attached hydrogens (tertiary/aromatic N) is 2. The number of carbonyl (C=O) groups is 1. The Morgan fingerprint density at radius 3 is 2.75 bits per heavy atom. The molecule has 4 aromatic rings. The predicted octanol–water partition coefficient (Wildman–Crippen LogP) is 5.44. The van der Waals surface area contributed by atoms with Crippen LogP contribution in [0, 0.1) is 0 Å². The van der Waals surface area contributed by atoms with Gasteiger partial charge in [0.1, 0.15) is 5.01 Å². The third kappa shape index (κ3) is 3.83. The molecular weight excluding hydrogens is 394 g/mol. The van der Waals surface area contributed by atoms with Gasteiger partial charge in [-0.3, -0.25) is 9.89 Å². The van der Waals surface area contributed by atoms with Crippen LogP contribution in [0.1, 0.15) is 17.0 Å². The minimum Gasteiger partial charge on any atom is -0.469 e. The van der Waals surface area contributed by atoms with Crippen LogP contribution in [-0.4, -0.2) is 28.3 Å². The number of hydrogen-bond acceptors (Lipinski definition) is 5. The van der Waals surface area contributed by atoms with Crippen molar-refractivity contribution in [3.63, 3.8) is 0 Å². The van der Waals surface area contributed by atoms with E-state index in [-0.39, 0.29) is 12.4 Å². The number of methoxy groups -OCH3 is 1. The van der Waals surface area contributed by atoms with Crippen LogP contribution in [0.5, 0.6) is 0 Å². The van der Waals surface area contributed by atoms with Crippen molar-refractivity contribution in [2.75, 3.05) is 7.11 Å². The van der Waals surface area contributed by atoms with E-state index in [2.05, 4.69) is 15.2 Å². The molecule has 0 saturated heterocycles. The van der Waals surface area contributed by atoms with Crippen LogP contribution in [0.25, 0.3) is 33.1 Å². The SMILES string of the molecule is COC(=O)C/C(=C\c1cn[nH]c1-c1ccc(Cl)cc1)c1nc2ccccc2s1. The first kappa shape index (κ1) is 18.4. The highest BCUT2D eigenvalue weighted by Crippen LogP contribution is 2.32. The number of aromatic amines is 1. The lowest BCUT2D eigenvalue weighted by Gasteiger charge is -2.05. The van der Waals surface area contributed by atoms with Gasteiger partial charge in [-0.1, -0.05) is 35.9 Å². The maximum absolute atomic E-state index is 12.0. The maximum Gasteiger partial charge on any atom is 0.310 e. The van der Waals surface area contributed by atoms with Crippen LogP contribution in [-0.2, 0) is 9.53 Å². The molecule has 0 atom stereocenters. The second kappa shape index (κ2) is 7.96. The molecular formula is C21H16ClN3O2S. The number of fused-ring (bicyclic) bond motifs is 1. The van der Waals surface area contributed by atoms with Crippen LogP contribution < -0.4 is 0 Å². The third-order valence-corrected chi connectivity index (χ3v) is 5.63. The fourth-order valence-electron chi connectivity index (χ4n) is 2.87. The summed E-state index contributed by atoms with van der Waals surface area (Å²) in [6.07, 6.45) is 3.79. The number of H-pyrrole nitrogens is 1. The number of nitrogens with one attached hydrogen (secondary N) is 1. The average Bonchev–Trinajstić information content (AvgIpc) is 3.34. The number of para-hydroxylation sites is 1. The quantitative estimate of drug-likeness (QED) is 0.445. The average molecular weight is 410 g/mol. The van der Waals surface area contributed by atoms with Crippen molar-refractivity contribution in [3.05, 3.63) is 70.3 Å². The van der Waals surface area contributed by atoms with Crippen molar-refractivity contribution in [1.82, 2.24) is 15.2 Å². The van der Waals surface area contributed by atoms with Crippen LogP contribution in [0.4, 0.5) is 0 Å². The van der Waals surface area contributed by atoms with Gasteiger partial charge in [-0.2, -0.15) is 5.10 Å². The fraction of sp³-hybridized carbons (Fsp3) is 0.0952. The highest BCUT2D eigenvalue weighted by atomic mass is 35.5. The van der Waals surface area contributed by atoms with Gasteiger partial charge in [0.2, 0.25) is 0 Å². The van der Waals surface area contributed by atoms with Crippen LogP contribution in [0.2, 0.25) is 5.02 Å². The number of thiazole rings is 1. The Hall–Kier alpha value is -2.96. The van der Waals surface area contributed by atoms with E-state index >= 15 is 0 Å². The standard InChI is InChI=1S/C21H16ClN3O2S/c1-27-19(26)11-14(21-24-17-4-2-3-5-18(17)28-21)10-15-12-23-25-20(15)13-6-8-16(22)9-7-13/h2-10,12H,11H2,1H3,(H,23,25)/b14-10+. The molecule has 2 aromatic heterocycles. The molecule has 0 aliphatic rings. The van der Waals surface area contributed by atoms with Gasteiger partial charge in [0.05, 0.1) is 35.6 Å². The zero-order chi connectivity index (χ0) is 19.5. The van der Waals surface area contributed by atoms with Crippen molar-refractivity contribution in [2.24, 2.45) is 0 Å². The van der Waals surface area contributed by atoms with Crippen molar-refractivity contribution in [1.29, 1.82) is 0 Å². The summed E-state index contributed by atoms with van der Waals surface area (Å²) in [5, 5.41) is 8.65. The van der Waals surface area contributed by atoms with Gasteiger partial charge < -0.3 is 4.74 Å². The second-order valence-corrected chi connectivity index (χ2v) is 7.58. The summed E-state index contributed by atoms with van der Waals surface area (Å²) in [7, 11) is 1.38. The zero-order valence-electron chi connectivity index (χ0n) is 15.0. The molecule has 5 nitrogen and oxygen atoms in total. The summed E-state index contributed by atoms with van der Waals surface area (Å²) in [5.74, 6) is -0.318. The summed E-state index contributed by atoms with van der Waals surface area (Å²) in [6.45, 7) is 0.